The van der Waals surface area contributed by atoms with Gasteiger partial charge >= 0.3 is 0 Å². The highest BCUT2D eigenvalue weighted by molar-refractivity contribution is 5.83. The van der Waals surface area contributed by atoms with E-state index in [1.54, 1.807) is 36.8 Å². The third kappa shape index (κ3) is 5.43. The standard InChI is InChI=1S/C29H30FN7O3/c1-29(27(38)37-15-3-2-4-16-37)17-39-26(40-18-29)25-35-23(19-5-7-20(30)8-6-19)24(36-25)22-11-14-32-28(34-22)33-21-9-12-31-13-10-21/h5-14,26H,2-4,15-18H2,1H3,(H,35,36)(H,31,32,33,34). The molecule has 11 heteroatoms. The number of pyridine rings is 1. The number of aromatic nitrogens is 5. The zero-order valence-corrected chi connectivity index (χ0v) is 22.1. The third-order valence-electron chi connectivity index (χ3n) is 7.18. The number of amides is 1. The number of hydrogen-bond acceptors (Lipinski definition) is 8. The SMILES string of the molecule is CC1(C(=O)N2CCCCC2)COC(c2nc(-c3ccc(F)cc3)c(-c3ccnc(Nc4ccncc4)n3)[nH]2)OC1. The Balaban J connectivity index is 1.27. The summed E-state index contributed by atoms with van der Waals surface area (Å²) in [6, 6.07) is 11.5. The first kappa shape index (κ1) is 26.0. The van der Waals surface area contributed by atoms with E-state index in [1.807, 2.05) is 24.0 Å². The van der Waals surface area contributed by atoms with E-state index in [4.69, 9.17) is 14.5 Å². The lowest BCUT2D eigenvalue weighted by Crippen LogP contribution is -2.51. The molecule has 1 amide bonds. The Kier molecular flexibility index (Phi) is 7.23. The molecule has 0 unspecified atom stereocenters. The summed E-state index contributed by atoms with van der Waals surface area (Å²) in [7, 11) is 0. The Labute approximate surface area is 231 Å². The molecule has 2 fully saturated rings. The molecule has 0 spiro atoms. The Hall–Kier alpha value is -4.22. The molecule has 0 aliphatic carbocycles. The molecule has 2 saturated heterocycles. The van der Waals surface area contributed by atoms with Gasteiger partial charge in [0.2, 0.25) is 18.1 Å². The molecule has 1 aromatic carbocycles. The quantitative estimate of drug-likeness (QED) is 0.354. The van der Waals surface area contributed by atoms with Crippen molar-refractivity contribution in [3.05, 3.63) is 72.7 Å². The van der Waals surface area contributed by atoms with Gasteiger partial charge in [0.25, 0.3) is 0 Å². The number of anilines is 2. The van der Waals surface area contributed by atoms with Crippen LogP contribution >= 0.6 is 0 Å². The fourth-order valence-electron chi connectivity index (χ4n) is 5.00. The number of rotatable bonds is 6. The van der Waals surface area contributed by atoms with Crippen molar-refractivity contribution in [2.45, 2.75) is 32.5 Å². The highest BCUT2D eigenvalue weighted by Crippen LogP contribution is 2.36. The predicted molar refractivity (Wildman–Crippen MR) is 146 cm³/mol. The van der Waals surface area contributed by atoms with E-state index in [0.717, 1.165) is 38.0 Å². The van der Waals surface area contributed by atoms with Crippen molar-refractivity contribution < 1.29 is 18.7 Å². The number of carbonyl (C=O) groups is 1. The maximum Gasteiger partial charge on any atom is 0.233 e. The van der Waals surface area contributed by atoms with Gasteiger partial charge in [0.1, 0.15) is 5.82 Å². The summed E-state index contributed by atoms with van der Waals surface area (Å²) in [5.41, 5.74) is 2.47. The number of imidazole rings is 1. The summed E-state index contributed by atoms with van der Waals surface area (Å²) in [5, 5.41) is 3.17. The van der Waals surface area contributed by atoms with Crippen molar-refractivity contribution in [2.75, 3.05) is 31.6 Å². The normalized spacial score (nSPS) is 21.2. The highest BCUT2D eigenvalue weighted by atomic mass is 19.1. The first-order valence-corrected chi connectivity index (χ1v) is 13.4. The van der Waals surface area contributed by atoms with Gasteiger partial charge in [0.15, 0.2) is 5.82 Å². The van der Waals surface area contributed by atoms with Crippen molar-refractivity contribution in [1.82, 2.24) is 29.8 Å². The fourth-order valence-corrected chi connectivity index (χ4v) is 5.00. The van der Waals surface area contributed by atoms with E-state index >= 15 is 0 Å². The highest BCUT2D eigenvalue weighted by Gasteiger charge is 2.43. The second-order valence-electron chi connectivity index (χ2n) is 10.3. The van der Waals surface area contributed by atoms with Crippen LogP contribution in [0.1, 0.15) is 38.3 Å². The van der Waals surface area contributed by atoms with Gasteiger partial charge in [-0.25, -0.2) is 19.3 Å². The van der Waals surface area contributed by atoms with Crippen LogP contribution < -0.4 is 5.32 Å². The van der Waals surface area contributed by atoms with Gasteiger partial charge in [-0.05, 0) is 68.7 Å². The first-order valence-electron chi connectivity index (χ1n) is 13.4. The van der Waals surface area contributed by atoms with Crippen molar-refractivity contribution in [2.24, 2.45) is 5.41 Å². The van der Waals surface area contributed by atoms with Gasteiger partial charge in [0.05, 0.1) is 35.7 Å². The molecule has 40 heavy (non-hydrogen) atoms. The Morgan fingerprint density at radius 1 is 1.00 bits per heavy atom. The van der Waals surface area contributed by atoms with Crippen LogP contribution in [0, 0.1) is 11.2 Å². The molecule has 0 atom stereocenters. The van der Waals surface area contributed by atoms with Crippen molar-refractivity contribution in [1.29, 1.82) is 0 Å². The van der Waals surface area contributed by atoms with Crippen LogP contribution in [0.5, 0.6) is 0 Å². The summed E-state index contributed by atoms with van der Waals surface area (Å²) in [6.45, 7) is 3.86. The van der Waals surface area contributed by atoms with Gasteiger partial charge < -0.3 is 24.7 Å². The van der Waals surface area contributed by atoms with Gasteiger partial charge in [-0.15, -0.1) is 0 Å². The van der Waals surface area contributed by atoms with E-state index in [-0.39, 0.29) is 24.9 Å². The van der Waals surface area contributed by atoms with Crippen LogP contribution in [-0.2, 0) is 14.3 Å². The van der Waals surface area contributed by atoms with Crippen molar-refractivity contribution >= 4 is 17.5 Å². The lowest BCUT2D eigenvalue weighted by atomic mass is 9.89. The van der Waals surface area contributed by atoms with Crippen LogP contribution in [0.3, 0.4) is 0 Å². The topological polar surface area (TPSA) is 118 Å². The Bertz CT molecular complexity index is 1460. The molecular formula is C29H30FN7O3. The fraction of sp³-hybridized carbons (Fsp3) is 0.345. The second kappa shape index (κ2) is 11.1. The number of hydrogen-bond donors (Lipinski definition) is 2. The molecule has 6 rings (SSSR count). The molecule has 10 nitrogen and oxygen atoms in total. The molecule has 0 saturated carbocycles. The van der Waals surface area contributed by atoms with E-state index in [2.05, 4.69) is 25.3 Å². The van der Waals surface area contributed by atoms with E-state index in [9.17, 15) is 9.18 Å². The number of nitrogens with one attached hydrogen (secondary N) is 2. The zero-order valence-electron chi connectivity index (χ0n) is 22.1. The van der Waals surface area contributed by atoms with Crippen LogP contribution in [-0.4, -0.2) is 62.0 Å². The largest absolute Gasteiger partial charge is 0.345 e. The molecule has 0 radical (unpaired) electrons. The average molecular weight is 544 g/mol. The Morgan fingerprint density at radius 3 is 2.45 bits per heavy atom. The minimum absolute atomic E-state index is 0.0630. The van der Waals surface area contributed by atoms with Crippen molar-refractivity contribution in [3.63, 3.8) is 0 Å². The lowest BCUT2D eigenvalue weighted by molar-refractivity contribution is -0.234. The number of aromatic amines is 1. The lowest BCUT2D eigenvalue weighted by Gasteiger charge is -2.40. The minimum atomic E-state index is -0.800. The number of carbonyl (C=O) groups excluding carboxylic acids is 1. The smallest absolute Gasteiger partial charge is 0.233 e. The number of benzene rings is 1. The number of likely N-dealkylation sites (tertiary alicyclic amines) is 1. The first-order chi connectivity index (χ1) is 19.5. The number of halogens is 1. The molecule has 2 aliphatic heterocycles. The van der Waals surface area contributed by atoms with E-state index < -0.39 is 11.7 Å². The van der Waals surface area contributed by atoms with Crippen LogP contribution in [0.15, 0.2) is 61.1 Å². The summed E-state index contributed by atoms with van der Waals surface area (Å²) in [5.74, 6) is 0.544. The van der Waals surface area contributed by atoms with Gasteiger partial charge in [-0.3, -0.25) is 9.78 Å². The van der Waals surface area contributed by atoms with Gasteiger partial charge in [-0.1, -0.05) is 0 Å². The Morgan fingerprint density at radius 2 is 1.73 bits per heavy atom. The van der Waals surface area contributed by atoms with E-state index in [0.29, 0.717) is 34.4 Å². The predicted octanol–water partition coefficient (Wildman–Crippen LogP) is 4.88. The summed E-state index contributed by atoms with van der Waals surface area (Å²) in [4.78, 5) is 36.3. The van der Waals surface area contributed by atoms with Crippen LogP contribution in [0.2, 0.25) is 0 Å². The monoisotopic (exact) mass is 543 g/mol. The van der Waals surface area contributed by atoms with Gasteiger partial charge in [0, 0.05) is 42.9 Å². The third-order valence-corrected chi connectivity index (χ3v) is 7.18. The van der Waals surface area contributed by atoms with E-state index in [1.165, 1.54) is 12.1 Å². The molecule has 2 aliphatic rings. The average Bonchev–Trinajstić information content (AvgIpc) is 3.44. The molecule has 0 bridgehead atoms. The number of H-pyrrole nitrogens is 1. The number of nitrogens with zero attached hydrogens (tertiary/aromatic N) is 5. The molecule has 3 aromatic heterocycles. The molecular weight excluding hydrogens is 513 g/mol. The van der Waals surface area contributed by atoms with Crippen LogP contribution in [0.25, 0.3) is 22.6 Å². The number of ether oxygens (including phenoxy) is 2. The zero-order chi connectivity index (χ0) is 27.5. The second-order valence-corrected chi connectivity index (χ2v) is 10.3. The summed E-state index contributed by atoms with van der Waals surface area (Å²) in [6.07, 6.45) is 7.40. The van der Waals surface area contributed by atoms with Crippen LogP contribution in [0.4, 0.5) is 16.0 Å². The summed E-state index contributed by atoms with van der Waals surface area (Å²) >= 11 is 0. The number of piperidine rings is 1. The molecule has 4 aromatic rings. The maximum atomic E-state index is 13.7. The minimum Gasteiger partial charge on any atom is -0.345 e. The maximum absolute atomic E-state index is 13.7. The molecule has 206 valence electrons. The molecule has 2 N–H and O–H groups in total. The summed E-state index contributed by atoms with van der Waals surface area (Å²) < 4.78 is 25.9. The molecule has 5 heterocycles. The van der Waals surface area contributed by atoms with Gasteiger partial charge in [-0.2, -0.15) is 0 Å². The van der Waals surface area contributed by atoms with Crippen molar-refractivity contribution in [3.8, 4) is 22.6 Å².